The maximum atomic E-state index is 12.4. The van der Waals surface area contributed by atoms with Crippen LogP contribution in [-0.2, 0) is 39.6 Å². The first kappa shape index (κ1) is 24.7. The Kier molecular flexibility index (Phi) is 9.80. The van der Waals surface area contributed by atoms with E-state index in [1.165, 1.54) is 31.2 Å². The summed E-state index contributed by atoms with van der Waals surface area (Å²) in [5.41, 5.74) is 0.688. The molecule has 0 bridgehead atoms. The molecule has 0 atom stereocenters. The van der Waals surface area contributed by atoms with Crippen molar-refractivity contribution in [2.24, 2.45) is 0 Å². The van der Waals surface area contributed by atoms with E-state index in [0.29, 0.717) is 5.56 Å². The lowest BCUT2D eigenvalue weighted by Crippen LogP contribution is -2.12. The summed E-state index contributed by atoms with van der Waals surface area (Å²) in [5, 5.41) is 0. The zero-order chi connectivity index (χ0) is 22.7. The molecule has 0 aliphatic rings. The largest absolute Gasteiger partial charge is 0.529 e. The monoisotopic (exact) mass is 454 g/mol. The molecule has 0 fully saturated rings. The second-order valence-corrected chi connectivity index (χ2v) is 7.26. The Hall–Kier alpha value is -2.59. The van der Waals surface area contributed by atoms with Crippen LogP contribution in [0, 0.1) is 0 Å². The van der Waals surface area contributed by atoms with Crippen LogP contribution in [0.1, 0.15) is 36.7 Å². The highest BCUT2D eigenvalue weighted by molar-refractivity contribution is 7.48. The Morgan fingerprint density at radius 1 is 0.871 bits per heavy atom. The first-order chi connectivity index (χ1) is 14.9. The molecule has 10 nitrogen and oxygen atoms in total. The third-order valence-electron chi connectivity index (χ3n) is 3.41. The minimum atomic E-state index is -4.08. The highest BCUT2D eigenvalue weighted by atomic mass is 31.2. The standard InChI is InChI=1S/C20H23O10P/c1-4-24-29-31(23,30-25-5-2)26-14-16-10-12-17(13-11-16)28-20(22)18-8-6-7-9-19(18)27-15(3)21/h6-13H,4-5,14H2,1-3H3. The van der Waals surface area contributed by atoms with E-state index in [9.17, 15) is 14.2 Å². The molecule has 0 aromatic heterocycles. The molecule has 0 aliphatic heterocycles. The van der Waals surface area contributed by atoms with Gasteiger partial charge in [-0.05, 0) is 43.7 Å². The number of carbonyl (C=O) groups is 2. The van der Waals surface area contributed by atoms with E-state index in [1.54, 1.807) is 38.1 Å². The van der Waals surface area contributed by atoms with E-state index in [4.69, 9.17) is 14.0 Å². The van der Waals surface area contributed by atoms with E-state index in [-0.39, 0.29) is 36.9 Å². The Morgan fingerprint density at radius 3 is 2.06 bits per heavy atom. The van der Waals surface area contributed by atoms with Crippen molar-refractivity contribution in [1.29, 1.82) is 0 Å². The van der Waals surface area contributed by atoms with Crippen molar-refractivity contribution >= 4 is 19.8 Å². The van der Waals surface area contributed by atoms with Gasteiger partial charge in [-0.15, -0.1) is 9.35 Å². The summed E-state index contributed by atoms with van der Waals surface area (Å²) in [6, 6.07) is 12.4. The van der Waals surface area contributed by atoms with E-state index >= 15 is 0 Å². The van der Waals surface area contributed by atoms with Gasteiger partial charge in [0.25, 0.3) is 0 Å². The van der Waals surface area contributed by atoms with Crippen molar-refractivity contribution in [3.8, 4) is 11.5 Å². The SMILES string of the molecule is CCOOP(=O)(OCc1ccc(OC(=O)c2ccccc2OC(C)=O)cc1)OOCC. The predicted octanol–water partition coefficient (Wildman–Crippen LogP) is 4.39. The maximum Gasteiger partial charge on any atom is 0.529 e. The van der Waals surface area contributed by atoms with E-state index in [2.05, 4.69) is 19.1 Å². The molecular weight excluding hydrogens is 431 g/mol. The molecule has 0 spiro atoms. The summed E-state index contributed by atoms with van der Waals surface area (Å²) in [5.74, 6) is -0.904. The number of esters is 2. The number of hydrogen-bond acceptors (Lipinski definition) is 10. The average molecular weight is 454 g/mol. The molecule has 2 rings (SSSR count). The third-order valence-corrected chi connectivity index (χ3v) is 4.43. The fourth-order valence-corrected chi connectivity index (χ4v) is 3.03. The van der Waals surface area contributed by atoms with Crippen LogP contribution in [0.2, 0.25) is 0 Å². The van der Waals surface area contributed by atoms with Crippen LogP contribution >= 0.6 is 7.82 Å². The fourth-order valence-electron chi connectivity index (χ4n) is 2.14. The highest BCUT2D eigenvalue weighted by Gasteiger charge is 2.30. The number of benzene rings is 2. The van der Waals surface area contributed by atoms with Crippen LogP contribution in [0.5, 0.6) is 11.5 Å². The zero-order valence-corrected chi connectivity index (χ0v) is 18.2. The molecule has 0 saturated carbocycles. The first-order valence-electron chi connectivity index (χ1n) is 9.32. The molecule has 31 heavy (non-hydrogen) atoms. The zero-order valence-electron chi connectivity index (χ0n) is 17.3. The smallest absolute Gasteiger partial charge is 0.426 e. The number of rotatable bonds is 12. The Labute approximate surface area is 179 Å². The number of ether oxygens (including phenoxy) is 2. The number of para-hydroxylation sites is 1. The maximum absolute atomic E-state index is 12.4. The fraction of sp³-hybridized carbons (Fsp3) is 0.300. The van der Waals surface area contributed by atoms with Crippen molar-refractivity contribution in [3.63, 3.8) is 0 Å². The van der Waals surface area contributed by atoms with Crippen LogP contribution in [0.15, 0.2) is 48.5 Å². The quantitative estimate of drug-likeness (QED) is 0.150. The molecule has 2 aromatic rings. The molecular formula is C20H23O10P. The van der Waals surface area contributed by atoms with Gasteiger partial charge < -0.3 is 9.47 Å². The molecule has 0 heterocycles. The Balaban J connectivity index is 1.99. The summed E-state index contributed by atoms with van der Waals surface area (Å²) in [7, 11) is -4.08. The molecule has 0 saturated heterocycles. The molecule has 168 valence electrons. The normalized spacial score (nSPS) is 11.2. The van der Waals surface area contributed by atoms with Gasteiger partial charge >= 0.3 is 19.8 Å². The second kappa shape index (κ2) is 12.3. The number of carbonyl (C=O) groups excluding carboxylic acids is 2. The summed E-state index contributed by atoms with van der Waals surface area (Å²) in [4.78, 5) is 32.9. The molecule has 11 heteroatoms. The average Bonchev–Trinajstić information content (AvgIpc) is 2.76. The van der Waals surface area contributed by atoms with Gasteiger partial charge in [0.15, 0.2) is 0 Å². The van der Waals surface area contributed by atoms with Crippen molar-refractivity contribution in [2.75, 3.05) is 13.2 Å². The van der Waals surface area contributed by atoms with Gasteiger partial charge in [0.1, 0.15) is 17.1 Å². The molecule has 0 amide bonds. The van der Waals surface area contributed by atoms with Crippen LogP contribution < -0.4 is 9.47 Å². The Morgan fingerprint density at radius 2 is 1.48 bits per heavy atom. The summed E-state index contributed by atoms with van der Waals surface area (Å²) < 4.78 is 37.2. The lowest BCUT2D eigenvalue weighted by atomic mass is 10.2. The lowest BCUT2D eigenvalue weighted by molar-refractivity contribution is -0.279. The van der Waals surface area contributed by atoms with E-state index < -0.39 is 19.8 Å². The van der Waals surface area contributed by atoms with Gasteiger partial charge in [0.2, 0.25) is 0 Å². The minimum absolute atomic E-state index is 0.101. The number of hydrogen-bond donors (Lipinski definition) is 0. The van der Waals surface area contributed by atoms with Crippen LogP contribution in [-0.4, -0.2) is 25.2 Å². The molecule has 0 radical (unpaired) electrons. The molecule has 0 N–H and O–H groups in total. The van der Waals surface area contributed by atoms with Gasteiger partial charge in [-0.3, -0.25) is 9.32 Å². The summed E-state index contributed by atoms with van der Waals surface area (Å²) in [6.07, 6.45) is 0. The minimum Gasteiger partial charge on any atom is -0.426 e. The van der Waals surface area contributed by atoms with Gasteiger partial charge in [-0.1, -0.05) is 24.3 Å². The predicted molar refractivity (Wildman–Crippen MR) is 107 cm³/mol. The van der Waals surface area contributed by atoms with Gasteiger partial charge in [0, 0.05) is 6.92 Å². The highest BCUT2D eigenvalue weighted by Crippen LogP contribution is 2.50. The third kappa shape index (κ3) is 8.22. The second-order valence-electron chi connectivity index (χ2n) is 5.81. The first-order valence-corrected chi connectivity index (χ1v) is 10.8. The van der Waals surface area contributed by atoms with E-state index in [0.717, 1.165) is 0 Å². The van der Waals surface area contributed by atoms with Crippen molar-refractivity contribution in [2.45, 2.75) is 27.4 Å². The number of phosphoric acid groups is 1. The van der Waals surface area contributed by atoms with Crippen molar-refractivity contribution < 1.29 is 47.3 Å². The molecule has 0 aliphatic carbocycles. The molecule has 2 aromatic carbocycles. The lowest BCUT2D eigenvalue weighted by Gasteiger charge is -2.15. The van der Waals surface area contributed by atoms with E-state index in [1.807, 2.05) is 0 Å². The van der Waals surface area contributed by atoms with Crippen LogP contribution in [0.25, 0.3) is 0 Å². The van der Waals surface area contributed by atoms with Crippen LogP contribution in [0.4, 0.5) is 0 Å². The molecule has 0 unspecified atom stereocenters. The summed E-state index contributed by atoms with van der Waals surface area (Å²) >= 11 is 0. The van der Waals surface area contributed by atoms with Crippen molar-refractivity contribution in [3.05, 3.63) is 59.7 Å². The van der Waals surface area contributed by atoms with Crippen molar-refractivity contribution in [1.82, 2.24) is 0 Å². The van der Waals surface area contributed by atoms with Gasteiger partial charge in [0.05, 0.1) is 19.8 Å². The van der Waals surface area contributed by atoms with Gasteiger partial charge in [-0.25, -0.2) is 19.1 Å². The Bertz CT molecular complexity index is 900. The van der Waals surface area contributed by atoms with Crippen LogP contribution in [0.3, 0.4) is 0 Å². The topological polar surface area (TPSA) is 116 Å². The summed E-state index contributed by atoms with van der Waals surface area (Å²) in [6.45, 7) is 4.61. The van der Waals surface area contributed by atoms with Gasteiger partial charge in [-0.2, -0.15) is 0 Å².